The van der Waals surface area contributed by atoms with Crippen molar-refractivity contribution >= 4 is 15.7 Å². The number of rotatable bonds is 8. The summed E-state index contributed by atoms with van der Waals surface area (Å²) in [6, 6.07) is 9.18. The van der Waals surface area contributed by atoms with Gasteiger partial charge in [-0.1, -0.05) is 30.3 Å². The molecule has 0 aromatic heterocycles. The summed E-state index contributed by atoms with van der Waals surface area (Å²) in [5.74, 6) is -0.459. The second-order valence-electron chi connectivity index (χ2n) is 5.25. The lowest BCUT2D eigenvalue weighted by Gasteiger charge is -2.34. The number of likely N-dealkylation sites (N-methyl/N-ethyl adjacent to an activating group) is 2. The minimum Gasteiger partial charge on any atom is -0.368 e. The summed E-state index contributed by atoms with van der Waals surface area (Å²) in [6.07, 6.45) is 1.19. The summed E-state index contributed by atoms with van der Waals surface area (Å²) >= 11 is 0. The zero-order valence-corrected chi connectivity index (χ0v) is 13.5. The summed E-state index contributed by atoms with van der Waals surface area (Å²) in [7, 11) is 0.391. The highest BCUT2D eigenvalue weighted by atomic mass is 32.2. The maximum atomic E-state index is 12.0. The van der Waals surface area contributed by atoms with Gasteiger partial charge in [-0.05, 0) is 19.7 Å². The van der Waals surface area contributed by atoms with Crippen molar-refractivity contribution in [1.82, 2.24) is 10.2 Å². The van der Waals surface area contributed by atoms with Gasteiger partial charge in [-0.2, -0.15) is 0 Å². The lowest BCUT2D eigenvalue weighted by Crippen LogP contribution is -2.57. The van der Waals surface area contributed by atoms with Gasteiger partial charge in [0.2, 0.25) is 5.91 Å². The van der Waals surface area contributed by atoms with Crippen molar-refractivity contribution in [3.8, 4) is 0 Å². The maximum absolute atomic E-state index is 12.0. The van der Waals surface area contributed by atoms with Crippen LogP contribution in [-0.2, 0) is 20.2 Å². The van der Waals surface area contributed by atoms with E-state index in [1.54, 1.807) is 19.0 Å². The number of sulfone groups is 1. The molecule has 0 radical (unpaired) electrons. The molecule has 21 heavy (non-hydrogen) atoms. The fourth-order valence-electron chi connectivity index (χ4n) is 2.19. The van der Waals surface area contributed by atoms with Crippen molar-refractivity contribution in [1.29, 1.82) is 0 Å². The minimum atomic E-state index is -3.04. The van der Waals surface area contributed by atoms with Crippen molar-refractivity contribution in [2.45, 2.75) is 5.54 Å². The normalized spacial score (nSPS) is 14.9. The zero-order chi connectivity index (χ0) is 16.1. The monoisotopic (exact) mass is 313 g/mol. The molecule has 0 aliphatic rings. The molecule has 0 aliphatic carbocycles. The Morgan fingerprint density at radius 1 is 1.33 bits per heavy atom. The number of primary amides is 1. The lowest BCUT2D eigenvalue weighted by atomic mass is 9.88. The van der Waals surface area contributed by atoms with E-state index in [-0.39, 0.29) is 5.75 Å². The van der Waals surface area contributed by atoms with Crippen molar-refractivity contribution < 1.29 is 13.2 Å². The highest BCUT2D eigenvalue weighted by molar-refractivity contribution is 7.90. The maximum Gasteiger partial charge on any atom is 0.243 e. The summed E-state index contributed by atoms with van der Waals surface area (Å²) in [5.41, 5.74) is 5.31. The van der Waals surface area contributed by atoms with E-state index < -0.39 is 21.3 Å². The molecule has 0 aliphatic heterocycles. The predicted octanol–water partition coefficient (Wildman–Crippen LogP) is -0.437. The van der Waals surface area contributed by atoms with E-state index in [1.807, 2.05) is 30.3 Å². The quantitative estimate of drug-likeness (QED) is 0.679. The number of amides is 1. The third-order valence-electron chi connectivity index (χ3n) is 3.46. The largest absolute Gasteiger partial charge is 0.368 e. The van der Waals surface area contributed by atoms with Gasteiger partial charge in [-0.15, -0.1) is 0 Å². The third kappa shape index (κ3) is 4.80. The second kappa shape index (κ2) is 7.02. The molecule has 1 atom stereocenters. The Bertz CT molecular complexity index is 574. The summed E-state index contributed by atoms with van der Waals surface area (Å²) < 4.78 is 22.5. The molecule has 1 aromatic carbocycles. The Kier molecular flexibility index (Phi) is 5.88. The molecule has 0 bridgehead atoms. The van der Waals surface area contributed by atoms with Gasteiger partial charge in [0, 0.05) is 19.3 Å². The molecule has 118 valence electrons. The highest BCUT2D eigenvalue weighted by Crippen LogP contribution is 2.21. The van der Waals surface area contributed by atoms with Crippen LogP contribution in [0.1, 0.15) is 5.56 Å². The van der Waals surface area contributed by atoms with E-state index in [0.29, 0.717) is 13.1 Å². The number of nitrogens with zero attached hydrogens (tertiary/aromatic N) is 1. The van der Waals surface area contributed by atoms with Crippen LogP contribution < -0.4 is 11.1 Å². The van der Waals surface area contributed by atoms with Crippen molar-refractivity contribution in [3.05, 3.63) is 35.9 Å². The van der Waals surface area contributed by atoms with Gasteiger partial charge in [0.15, 0.2) is 0 Å². The summed E-state index contributed by atoms with van der Waals surface area (Å²) in [5, 5.41) is 2.99. The molecule has 1 amide bonds. The topological polar surface area (TPSA) is 92.5 Å². The molecule has 0 saturated heterocycles. The molecular weight excluding hydrogens is 290 g/mol. The van der Waals surface area contributed by atoms with Crippen LogP contribution in [0.15, 0.2) is 30.3 Å². The molecule has 0 heterocycles. The number of nitrogens with two attached hydrogens (primary N) is 1. The summed E-state index contributed by atoms with van der Waals surface area (Å²) in [6.45, 7) is 0.626. The smallest absolute Gasteiger partial charge is 0.243 e. The van der Waals surface area contributed by atoms with Crippen molar-refractivity contribution in [2.75, 3.05) is 39.2 Å². The highest BCUT2D eigenvalue weighted by Gasteiger charge is 2.38. The van der Waals surface area contributed by atoms with Crippen LogP contribution in [0.3, 0.4) is 0 Å². The molecule has 1 rings (SSSR count). The van der Waals surface area contributed by atoms with Gasteiger partial charge in [0.25, 0.3) is 0 Å². The van der Waals surface area contributed by atoms with Crippen molar-refractivity contribution in [3.63, 3.8) is 0 Å². The Morgan fingerprint density at radius 2 is 1.90 bits per heavy atom. The fourth-order valence-corrected chi connectivity index (χ4v) is 2.83. The van der Waals surface area contributed by atoms with E-state index in [2.05, 4.69) is 5.32 Å². The molecular formula is C14H23N3O3S. The van der Waals surface area contributed by atoms with Gasteiger partial charge in [0.05, 0.1) is 5.75 Å². The first-order valence-corrected chi connectivity index (χ1v) is 8.68. The van der Waals surface area contributed by atoms with Crippen molar-refractivity contribution in [2.24, 2.45) is 5.73 Å². The molecule has 7 heteroatoms. The predicted molar refractivity (Wildman–Crippen MR) is 83.6 cm³/mol. The molecule has 6 nitrogen and oxygen atoms in total. The average molecular weight is 313 g/mol. The van der Waals surface area contributed by atoms with Crippen LogP contribution in [0.5, 0.6) is 0 Å². The number of hydrogen-bond acceptors (Lipinski definition) is 5. The van der Waals surface area contributed by atoms with Gasteiger partial charge >= 0.3 is 0 Å². The van der Waals surface area contributed by atoms with Crippen LogP contribution in [0.2, 0.25) is 0 Å². The molecule has 0 saturated carbocycles. The number of carbonyl (C=O) groups excluding carboxylic acids is 1. The lowest BCUT2D eigenvalue weighted by molar-refractivity contribution is -0.125. The van der Waals surface area contributed by atoms with E-state index in [4.69, 9.17) is 5.73 Å². The molecule has 0 fully saturated rings. The summed E-state index contributed by atoms with van der Waals surface area (Å²) in [4.78, 5) is 13.8. The minimum absolute atomic E-state index is 0.0385. The van der Waals surface area contributed by atoms with Gasteiger partial charge in [-0.3, -0.25) is 4.79 Å². The van der Waals surface area contributed by atoms with Crippen LogP contribution in [0.25, 0.3) is 0 Å². The van der Waals surface area contributed by atoms with Crippen LogP contribution in [0, 0.1) is 0 Å². The van der Waals surface area contributed by atoms with Gasteiger partial charge in [-0.25, -0.2) is 8.42 Å². The SMILES string of the molecule is CNC(CN(C)CCS(C)(=O)=O)(C(N)=O)c1ccccc1. The Labute approximate surface area is 126 Å². The Balaban J connectivity index is 2.97. The molecule has 1 unspecified atom stereocenters. The zero-order valence-electron chi connectivity index (χ0n) is 12.7. The standard InChI is InChI=1S/C14H23N3O3S/c1-16-14(13(15)18,12-7-5-4-6-8-12)11-17(2)9-10-21(3,19)20/h4-8,16H,9-11H2,1-3H3,(H2,15,18). The molecule has 0 spiro atoms. The first kappa shape index (κ1) is 17.6. The number of nitrogens with one attached hydrogen (secondary N) is 1. The van der Waals surface area contributed by atoms with Crippen LogP contribution in [0.4, 0.5) is 0 Å². The Hall–Kier alpha value is -1.44. The van der Waals surface area contributed by atoms with E-state index in [9.17, 15) is 13.2 Å². The fraction of sp³-hybridized carbons (Fsp3) is 0.500. The molecule has 1 aromatic rings. The first-order valence-electron chi connectivity index (χ1n) is 6.62. The van der Waals surface area contributed by atoms with E-state index >= 15 is 0 Å². The van der Waals surface area contributed by atoms with Gasteiger partial charge < -0.3 is 16.0 Å². The average Bonchev–Trinajstić information content (AvgIpc) is 2.42. The van der Waals surface area contributed by atoms with E-state index in [1.165, 1.54) is 6.26 Å². The molecule has 3 N–H and O–H groups in total. The third-order valence-corrected chi connectivity index (χ3v) is 4.39. The van der Waals surface area contributed by atoms with E-state index in [0.717, 1.165) is 5.56 Å². The van der Waals surface area contributed by atoms with Crippen LogP contribution in [-0.4, -0.2) is 58.4 Å². The van der Waals surface area contributed by atoms with Gasteiger partial charge in [0.1, 0.15) is 15.4 Å². The number of carbonyl (C=O) groups is 1. The second-order valence-corrected chi connectivity index (χ2v) is 7.51. The number of hydrogen-bond donors (Lipinski definition) is 2. The number of benzene rings is 1. The van der Waals surface area contributed by atoms with Crippen LogP contribution >= 0.6 is 0 Å². The Morgan fingerprint density at radius 3 is 2.33 bits per heavy atom. The first-order chi connectivity index (χ1) is 9.71.